The number of hydrogen-bond acceptors (Lipinski definition) is 2. The van der Waals surface area contributed by atoms with Crippen LogP contribution in [0.25, 0.3) is 16.9 Å². The van der Waals surface area contributed by atoms with Crippen molar-refractivity contribution >= 4 is 5.65 Å². The van der Waals surface area contributed by atoms with Crippen molar-refractivity contribution in [2.24, 2.45) is 0 Å². The first-order chi connectivity index (χ1) is 13.4. The van der Waals surface area contributed by atoms with E-state index in [0.717, 1.165) is 34.6 Å². The first-order valence-electron chi connectivity index (χ1n) is 8.74. The molecule has 2 heterocycles. The molecule has 28 heavy (non-hydrogen) atoms. The monoisotopic (exact) mass is 382 g/mol. The standard InChI is InChI=1S/C22H17F3N2O/c1-15-11-17(7-8-20(15)28-14-16-5-3-2-4-6-16)19-13-27-10-9-18(22(23,24)25)12-21(27)26-19/h2-13H,14H2,1H3. The summed E-state index contributed by atoms with van der Waals surface area (Å²) in [5, 5.41) is 0. The van der Waals surface area contributed by atoms with E-state index in [0.29, 0.717) is 12.3 Å². The fourth-order valence-corrected chi connectivity index (χ4v) is 3.00. The maximum Gasteiger partial charge on any atom is 0.416 e. The van der Waals surface area contributed by atoms with Crippen LogP contribution in [0, 0.1) is 6.92 Å². The van der Waals surface area contributed by atoms with Gasteiger partial charge in [-0.3, -0.25) is 0 Å². The lowest BCUT2D eigenvalue weighted by atomic mass is 10.1. The zero-order chi connectivity index (χ0) is 19.7. The van der Waals surface area contributed by atoms with Crippen molar-refractivity contribution in [3.8, 4) is 17.0 Å². The highest BCUT2D eigenvalue weighted by atomic mass is 19.4. The summed E-state index contributed by atoms with van der Waals surface area (Å²) in [6, 6.07) is 17.6. The average molecular weight is 382 g/mol. The van der Waals surface area contributed by atoms with Gasteiger partial charge in [-0.15, -0.1) is 0 Å². The molecule has 0 radical (unpaired) electrons. The minimum absolute atomic E-state index is 0.256. The summed E-state index contributed by atoms with van der Waals surface area (Å²) >= 11 is 0. The Balaban J connectivity index is 1.58. The number of pyridine rings is 1. The molecule has 0 aliphatic rings. The van der Waals surface area contributed by atoms with Gasteiger partial charge in [0, 0.05) is 18.0 Å². The van der Waals surface area contributed by atoms with E-state index in [1.807, 2.05) is 55.5 Å². The molecule has 0 spiro atoms. The summed E-state index contributed by atoms with van der Waals surface area (Å²) in [5.74, 6) is 0.760. The van der Waals surface area contributed by atoms with Crippen molar-refractivity contribution in [2.75, 3.05) is 0 Å². The molecule has 2 aromatic heterocycles. The van der Waals surface area contributed by atoms with E-state index in [-0.39, 0.29) is 5.65 Å². The van der Waals surface area contributed by atoms with Crippen LogP contribution in [0.1, 0.15) is 16.7 Å². The van der Waals surface area contributed by atoms with Gasteiger partial charge in [-0.05, 0) is 48.4 Å². The van der Waals surface area contributed by atoms with E-state index >= 15 is 0 Å². The van der Waals surface area contributed by atoms with Crippen LogP contribution in [0.15, 0.2) is 73.1 Å². The third-order valence-electron chi connectivity index (χ3n) is 4.50. The lowest BCUT2D eigenvalue weighted by Crippen LogP contribution is -2.05. The number of aryl methyl sites for hydroxylation is 1. The molecule has 4 rings (SSSR count). The van der Waals surface area contributed by atoms with Gasteiger partial charge >= 0.3 is 6.18 Å². The number of benzene rings is 2. The quantitative estimate of drug-likeness (QED) is 0.439. The van der Waals surface area contributed by atoms with Crippen molar-refractivity contribution < 1.29 is 17.9 Å². The van der Waals surface area contributed by atoms with Crippen LogP contribution >= 0.6 is 0 Å². The first kappa shape index (κ1) is 18.1. The Labute approximate surface area is 160 Å². The summed E-state index contributed by atoms with van der Waals surface area (Å²) in [7, 11) is 0. The second-order valence-electron chi connectivity index (χ2n) is 6.56. The second-order valence-corrected chi connectivity index (χ2v) is 6.56. The Morgan fingerprint density at radius 1 is 1.00 bits per heavy atom. The fraction of sp³-hybridized carbons (Fsp3) is 0.136. The van der Waals surface area contributed by atoms with Gasteiger partial charge in [0.05, 0.1) is 11.3 Å². The Morgan fingerprint density at radius 3 is 2.50 bits per heavy atom. The number of nitrogens with zero attached hydrogens (tertiary/aromatic N) is 2. The predicted molar refractivity (Wildman–Crippen MR) is 101 cm³/mol. The van der Waals surface area contributed by atoms with Gasteiger partial charge in [0.15, 0.2) is 0 Å². The lowest BCUT2D eigenvalue weighted by molar-refractivity contribution is -0.137. The molecule has 4 aromatic rings. The van der Waals surface area contributed by atoms with Crippen LogP contribution in [0.5, 0.6) is 5.75 Å². The molecule has 6 heteroatoms. The van der Waals surface area contributed by atoms with E-state index < -0.39 is 11.7 Å². The van der Waals surface area contributed by atoms with Gasteiger partial charge in [0.2, 0.25) is 0 Å². The molecule has 0 fully saturated rings. The van der Waals surface area contributed by atoms with E-state index in [1.165, 1.54) is 6.20 Å². The van der Waals surface area contributed by atoms with Crippen LogP contribution in [0.2, 0.25) is 0 Å². The zero-order valence-electron chi connectivity index (χ0n) is 15.1. The maximum atomic E-state index is 12.9. The number of imidazole rings is 1. The molecular formula is C22H17F3N2O. The van der Waals surface area contributed by atoms with E-state index in [2.05, 4.69) is 4.98 Å². The second kappa shape index (κ2) is 7.03. The van der Waals surface area contributed by atoms with E-state index in [4.69, 9.17) is 4.74 Å². The van der Waals surface area contributed by atoms with Crippen LogP contribution in [-0.2, 0) is 12.8 Å². The van der Waals surface area contributed by atoms with Crippen LogP contribution in [0.4, 0.5) is 13.2 Å². The van der Waals surface area contributed by atoms with E-state index in [1.54, 1.807) is 10.6 Å². The third-order valence-corrected chi connectivity index (χ3v) is 4.50. The number of aromatic nitrogens is 2. The summed E-state index contributed by atoms with van der Waals surface area (Å²) < 4.78 is 46.1. The van der Waals surface area contributed by atoms with Crippen LogP contribution in [0.3, 0.4) is 0 Å². The molecule has 0 N–H and O–H groups in total. The van der Waals surface area contributed by atoms with Crippen LogP contribution < -0.4 is 4.74 Å². The van der Waals surface area contributed by atoms with Crippen molar-refractivity contribution in [2.45, 2.75) is 19.7 Å². The Kier molecular flexibility index (Phi) is 4.55. The topological polar surface area (TPSA) is 26.5 Å². The summed E-state index contributed by atoms with van der Waals surface area (Å²) in [6.07, 6.45) is -1.30. The number of alkyl halides is 3. The van der Waals surface area contributed by atoms with Crippen molar-refractivity contribution in [3.63, 3.8) is 0 Å². The predicted octanol–water partition coefficient (Wildman–Crippen LogP) is 5.91. The number of fused-ring (bicyclic) bond motifs is 1. The molecule has 0 amide bonds. The van der Waals surface area contributed by atoms with Crippen molar-refractivity contribution in [1.82, 2.24) is 9.38 Å². The lowest BCUT2D eigenvalue weighted by Gasteiger charge is -2.10. The molecule has 0 aliphatic carbocycles. The highest BCUT2D eigenvalue weighted by molar-refractivity contribution is 5.65. The highest BCUT2D eigenvalue weighted by Gasteiger charge is 2.30. The largest absolute Gasteiger partial charge is 0.489 e. The molecule has 0 atom stereocenters. The zero-order valence-corrected chi connectivity index (χ0v) is 15.1. The summed E-state index contributed by atoms with van der Waals surface area (Å²) in [4.78, 5) is 4.34. The van der Waals surface area contributed by atoms with Gasteiger partial charge in [-0.25, -0.2) is 4.98 Å². The molecule has 0 unspecified atom stereocenters. The van der Waals surface area contributed by atoms with Gasteiger partial charge in [-0.1, -0.05) is 30.3 Å². The van der Waals surface area contributed by atoms with Crippen molar-refractivity contribution in [1.29, 1.82) is 0 Å². The van der Waals surface area contributed by atoms with Gasteiger partial charge in [0.1, 0.15) is 18.0 Å². The van der Waals surface area contributed by atoms with Crippen molar-refractivity contribution in [3.05, 3.63) is 89.7 Å². The normalized spacial score (nSPS) is 11.7. The molecule has 0 bridgehead atoms. The molecule has 0 aliphatic heterocycles. The molecule has 0 saturated carbocycles. The number of rotatable bonds is 4. The molecule has 0 saturated heterocycles. The SMILES string of the molecule is Cc1cc(-c2cn3ccc(C(F)(F)F)cc3n2)ccc1OCc1ccccc1. The first-order valence-corrected chi connectivity index (χ1v) is 8.74. The smallest absolute Gasteiger partial charge is 0.416 e. The Morgan fingerprint density at radius 2 is 1.79 bits per heavy atom. The van der Waals surface area contributed by atoms with Gasteiger partial charge < -0.3 is 9.14 Å². The van der Waals surface area contributed by atoms with Gasteiger partial charge in [0.25, 0.3) is 0 Å². The molecule has 3 nitrogen and oxygen atoms in total. The highest BCUT2D eigenvalue weighted by Crippen LogP contribution is 2.31. The number of hydrogen-bond donors (Lipinski definition) is 0. The molecule has 142 valence electrons. The third kappa shape index (κ3) is 3.71. The fourth-order valence-electron chi connectivity index (χ4n) is 3.00. The molecule has 2 aromatic carbocycles. The Bertz CT molecular complexity index is 1120. The Hall–Kier alpha value is -3.28. The summed E-state index contributed by atoms with van der Waals surface area (Å²) in [5.41, 5.74) is 2.98. The molecular weight excluding hydrogens is 365 g/mol. The average Bonchev–Trinajstić information content (AvgIpc) is 3.10. The number of halogens is 3. The van der Waals surface area contributed by atoms with E-state index in [9.17, 15) is 13.2 Å². The van der Waals surface area contributed by atoms with Crippen LogP contribution in [-0.4, -0.2) is 9.38 Å². The minimum Gasteiger partial charge on any atom is -0.489 e. The summed E-state index contributed by atoms with van der Waals surface area (Å²) in [6.45, 7) is 2.40. The number of ether oxygens (including phenoxy) is 1. The van der Waals surface area contributed by atoms with Gasteiger partial charge in [-0.2, -0.15) is 13.2 Å². The maximum absolute atomic E-state index is 12.9. The minimum atomic E-state index is -4.39.